The van der Waals surface area contributed by atoms with Crippen LogP contribution in [-0.4, -0.2) is 29.7 Å². The smallest absolute Gasteiger partial charge is 0.347 e. The van der Waals surface area contributed by atoms with E-state index < -0.39 is 23.9 Å². The van der Waals surface area contributed by atoms with Crippen LogP contribution < -0.4 is 0 Å². The summed E-state index contributed by atoms with van der Waals surface area (Å²) in [6.45, 7) is 0. The second-order valence-electron chi connectivity index (χ2n) is 1.84. The molecule has 0 aromatic carbocycles. The first-order valence-corrected chi connectivity index (χ1v) is 3.07. The van der Waals surface area contributed by atoms with E-state index in [-0.39, 0.29) is 0 Å². The van der Waals surface area contributed by atoms with Crippen LogP contribution in [0.2, 0.25) is 0 Å². The zero-order valence-electron chi connectivity index (χ0n) is 5.68. The molecule has 1 atom stereocenters. The highest BCUT2D eigenvalue weighted by Gasteiger charge is 2.37. The fourth-order valence-corrected chi connectivity index (χ4v) is 0.434. The van der Waals surface area contributed by atoms with E-state index in [0.29, 0.717) is 0 Å². The molecule has 0 amide bonds. The number of aliphatic hydroxyl groups excluding tert-OH is 1. The van der Waals surface area contributed by atoms with Gasteiger partial charge in [0.05, 0.1) is 13.5 Å². The maximum absolute atomic E-state index is 11.9. The minimum absolute atomic E-state index is 0.812. The van der Waals surface area contributed by atoms with Gasteiger partial charge in [-0.1, -0.05) is 0 Å². The second kappa shape index (κ2) is 3.82. The molecule has 0 saturated heterocycles. The normalized spacial score (nSPS) is 14.3. The third kappa shape index (κ3) is 4.10. The van der Waals surface area contributed by atoms with Crippen molar-refractivity contribution < 1.29 is 23.4 Å². The molecule has 0 aromatic rings. The minimum Gasteiger partial charge on any atom is -0.469 e. The Bertz CT molecular complexity index is 145. The van der Waals surface area contributed by atoms with Crippen molar-refractivity contribution in [3.63, 3.8) is 0 Å². The van der Waals surface area contributed by atoms with Gasteiger partial charge in [-0.3, -0.25) is 4.79 Å². The van der Waals surface area contributed by atoms with Crippen LogP contribution in [0.25, 0.3) is 0 Å². The molecule has 66 valence electrons. The molecule has 0 heterocycles. The molecular formula is C5H7ClF2O3. The number of methoxy groups -OCH3 is 1. The Morgan fingerprint density at radius 2 is 2.27 bits per heavy atom. The van der Waals surface area contributed by atoms with Gasteiger partial charge >= 0.3 is 11.4 Å². The third-order valence-electron chi connectivity index (χ3n) is 0.966. The predicted octanol–water partition coefficient (Wildman–Crippen LogP) is 0.742. The number of carbonyl (C=O) groups excluding carboxylic acids is 1. The molecule has 0 fully saturated rings. The maximum atomic E-state index is 11.9. The Balaban J connectivity index is 3.87. The number of aliphatic hydroxyl groups is 1. The lowest BCUT2D eigenvalue weighted by molar-refractivity contribution is -0.147. The topological polar surface area (TPSA) is 46.5 Å². The molecular weight excluding hydrogens is 182 g/mol. The number of alkyl halides is 3. The van der Waals surface area contributed by atoms with Crippen LogP contribution in [0.3, 0.4) is 0 Å². The van der Waals surface area contributed by atoms with Gasteiger partial charge in [0.1, 0.15) is 6.10 Å². The van der Waals surface area contributed by atoms with Crippen LogP contribution >= 0.6 is 11.6 Å². The Labute approximate surface area is 66.9 Å². The number of esters is 1. The number of ether oxygens (including phenoxy) is 1. The zero-order chi connectivity index (χ0) is 9.07. The number of rotatable bonds is 3. The van der Waals surface area contributed by atoms with Gasteiger partial charge in [0, 0.05) is 0 Å². The molecule has 1 N–H and O–H groups in total. The molecule has 0 aromatic heterocycles. The van der Waals surface area contributed by atoms with Gasteiger partial charge in [-0.15, -0.1) is 0 Å². The quantitative estimate of drug-likeness (QED) is 0.525. The summed E-state index contributed by atoms with van der Waals surface area (Å²) in [6.07, 6.45) is -3.01. The summed E-state index contributed by atoms with van der Waals surface area (Å²) >= 11 is 4.39. The van der Waals surface area contributed by atoms with Gasteiger partial charge in [-0.25, -0.2) is 0 Å². The van der Waals surface area contributed by atoms with E-state index in [9.17, 15) is 13.6 Å². The van der Waals surface area contributed by atoms with E-state index in [0.717, 1.165) is 7.11 Å². The predicted molar refractivity (Wildman–Crippen MR) is 33.4 cm³/mol. The molecule has 1 unspecified atom stereocenters. The Hall–Kier alpha value is -0.420. The molecule has 0 aliphatic heterocycles. The van der Waals surface area contributed by atoms with Gasteiger partial charge in [-0.05, 0) is 11.6 Å². The van der Waals surface area contributed by atoms with E-state index in [1.165, 1.54) is 0 Å². The minimum atomic E-state index is -3.78. The molecule has 0 spiro atoms. The second-order valence-corrected chi connectivity index (χ2v) is 2.34. The van der Waals surface area contributed by atoms with Gasteiger partial charge in [0.15, 0.2) is 0 Å². The van der Waals surface area contributed by atoms with Crippen LogP contribution in [0.5, 0.6) is 0 Å². The summed E-state index contributed by atoms with van der Waals surface area (Å²) in [6, 6.07) is 0. The summed E-state index contributed by atoms with van der Waals surface area (Å²) in [5.74, 6) is -0.933. The molecule has 0 rings (SSSR count). The van der Waals surface area contributed by atoms with Crippen molar-refractivity contribution in [2.45, 2.75) is 17.9 Å². The number of hydrogen-bond acceptors (Lipinski definition) is 3. The molecule has 0 saturated carbocycles. The third-order valence-corrected chi connectivity index (χ3v) is 1.22. The van der Waals surface area contributed by atoms with E-state index >= 15 is 0 Å². The largest absolute Gasteiger partial charge is 0.469 e. The zero-order valence-corrected chi connectivity index (χ0v) is 6.44. The molecule has 6 heteroatoms. The Morgan fingerprint density at radius 3 is 2.55 bits per heavy atom. The van der Waals surface area contributed by atoms with Crippen molar-refractivity contribution in [3.05, 3.63) is 0 Å². The van der Waals surface area contributed by atoms with Gasteiger partial charge in [-0.2, -0.15) is 8.78 Å². The summed E-state index contributed by atoms with van der Waals surface area (Å²) in [5, 5.41) is 4.72. The van der Waals surface area contributed by atoms with E-state index in [1.807, 2.05) is 0 Å². The highest BCUT2D eigenvalue weighted by Crippen LogP contribution is 2.25. The van der Waals surface area contributed by atoms with Crippen molar-refractivity contribution in [3.8, 4) is 0 Å². The van der Waals surface area contributed by atoms with E-state index in [2.05, 4.69) is 16.3 Å². The van der Waals surface area contributed by atoms with Crippen LogP contribution in [0, 0.1) is 0 Å². The average Bonchev–Trinajstić information content (AvgIpc) is 1.85. The van der Waals surface area contributed by atoms with Gasteiger partial charge in [0.25, 0.3) is 0 Å². The van der Waals surface area contributed by atoms with Crippen LogP contribution in [0.1, 0.15) is 6.42 Å². The van der Waals surface area contributed by atoms with Crippen molar-refractivity contribution in [1.29, 1.82) is 0 Å². The SMILES string of the molecule is COC(=O)CC(O)C(F)(F)Cl. The fraction of sp³-hybridized carbons (Fsp3) is 0.800. The molecule has 0 radical (unpaired) electrons. The molecule has 0 aliphatic carbocycles. The first kappa shape index (κ1) is 10.6. The highest BCUT2D eigenvalue weighted by atomic mass is 35.5. The summed E-state index contributed by atoms with van der Waals surface area (Å²) < 4.78 is 27.9. The lowest BCUT2D eigenvalue weighted by atomic mass is 10.2. The van der Waals surface area contributed by atoms with Crippen LogP contribution in [0.15, 0.2) is 0 Å². The lowest BCUT2D eigenvalue weighted by Gasteiger charge is -2.13. The van der Waals surface area contributed by atoms with E-state index in [4.69, 9.17) is 5.11 Å². The number of carbonyl (C=O) groups is 1. The number of hydrogen-bond donors (Lipinski definition) is 1. The van der Waals surface area contributed by atoms with Gasteiger partial charge in [0.2, 0.25) is 0 Å². The van der Waals surface area contributed by atoms with E-state index in [1.54, 1.807) is 0 Å². The molecule has 0 aliphatic rings. The highest BCUT2D eigenvalue weighted by molar-refractivity contribution is 6.22. The molecule has 3 nitrogen and oxygen atoms in total. The monoisotopic (exact) mass is 188 g/mol. The van der Waals surface area contributed by atoms with Crippen LogP contribution in [0.4, 0.5) is 8.78 Å². The molecule has 11 heavy (non-hydrogen) atoms. The summed E-state index contributed by atoms with van der Waals surface area (Å²) in [7, 11) is 1.03. The van der Waals surface area contributed by atoms with Crippen LogP contribution in [-0.2, 0) is 9.53 Å². The standard InChI is InChI=1S/C5H7ClF2O3/c1-11-4(10)2-3(9)5(6,7)8/h3,9H,2H2,1H3. The average molecular weight is 189 g/mol. The van der Waals surface area contributed by atoms with Crippen molar-refractivity contribution in [1.82, 2.24) is 0 Å². The lowest BCUT2D eigenvalue weighted by Crippen LogP contribution is -2.30. The molecule has 0 bridgehead atoms. The first-order chi connectivity index (χ1) is 4.88. The Kier molecular flexibility index (Phi) is 3.68. The first-order valence-electron chi connectivity index (χ1n) is 2.69. The summed E-state index contributed by atoms with van der Waals surface area (Å²) in [5.41, 5.74) is 0. The summed E-state index contributed by atoms with van der Waals surface area (Å²) in [4.78, 5) is 10.3. The van der Waals surface area contributed by atoms with Crippen molar-refractivity contribution >= 4 is 17.6 Å². The fourth-order valence-electron chi connectivity index (χ4n) is 0.357. The maximum Gasteiger partial charge on any atom is 0.347 e. The van der Waals surface area contributed by atoms with Gasteiger partial charge < -0.3 is 9.84 Å². The van der Waals surface area contributed by atoms with Crippen molar-refractivity contribution in [2.75, 3.05) is 7.11 Å². The van der Waals surface area contributed by atoms with Crippen molar-refractivity contribution in [2.24, 2.45) is 0 Å². The number of halogens is 3. The Morgan fingerprint density at radius 1 is 1.82 bits per heavy atom.